The van der Waals surface area contributed by atoms with Crippen molar-refractivity contribution in [3.63, 3.8) is 0 Å². The van der Waals surface area contributed by atoms with Gasteiger partial charge in [0.1, 0.15) is 11.6 Å². The van der Waals surface area contributed by atoms with E-state index >= 15 is 0 Å². The van der Waals surface area contributed by atoms with Crippen molar-refractivity contribution in [1.29, 1.82) is 0 Å². The second-order valence-electron chi connectivity index (χ2n) is 8.96. The molecule has 39 heavy (non-hydrogen) atoms. The van der Waals surface area contributed by atoms with E-state index in [2.05, 4.69) is 5.32 Å². The predicted octanol–water partition coefficient (Wildman–Crippen LogP) is -0.521. The van der Waals surface area contributed by atoms with E-state index in [0.29, 0.717) is 31.9 Å². The van der Waals surface area contributed by atoms with Crippen LogP contribution in [0.5, 0.6) is 5.75 Å². The maximum absolute atomic E-state index is 13.1. The van der Waals surface area contributed by atoms with Crippen molar-refractivity contribution >= 4 is 12.3 Å². The van der Waals surface area contributed by atoms with E-state index in [1.807, 2.05) is 48.2 Å². The zero-order valence-electron chi connectivity index (χ0n) is 23.9. The van der Waals surface area contributed by atoms with Crippen LogP contribution in [0.15, 0.2) is 48.5 Å². The summed E-state index contributed by atoms with van der Waals surface area (Å²) in [6.45, 7) is 7.92. The molecule has 1 fully saturated rings. The quantitative estimate of drug-likeness (QED) is 0.169. The Morgan fingerprint density at radius 3 is 2.49 bits per heavy atom. The number of aryl methyl sites for hydroxylation is 1. The average molecular weight is 571 g/mol. The molecule has 3 N–H and O–H groups in total. The van der Waals surface area contributed by atoms with E-state index in [0.717, 1.165) is 83.1 Å². The number of carbonyl (C=O) groups excluding carboxylic acids is 2. The molecule has 0 atom stereocenters. The summed E-state index contributed by atoms with van der Waals surface area (Å²) in [5.41, 5.74) is 7.41. The molecular weight excluding hydrogens is 526 g/mol. The van der Waals surface area contributed by atoms with Gasteiger partial charge < -0.3 is 30.7 Å². The number of nitrogens with one attached hydrogen (secondary N) is 1. The minimum atomic E-state index is -0.266. The van der Waals surface area contributed by atoms with Gasteiger partial charge in [0, 0.05) is 45.2 Å². The molecule has 1 saturated heterocycles. The van der Waals surface area contributed by atoms with Crippen molar-refractivity contribution in [2.45, 2.75) is 45.6 Å². The van der Waals surface area contributed by atoms with Crippen molar-refractivity contribution in [3.8, 4) is 5.75 Å². The monoisotopic (exact) mass is 570 g/mol. The molecule has 2 aromatic carbocycles. The van der Waals surface area contributed by atoms with E-state index < -0.39 is 0 Å². The Morgan fingerprint density at radius 2 is 1.87 bits per heavy atom. The van der Waals surface area contributed by atoms with Crippen molar-refractivity contribution in [1.82, 2.24) is 15.1 Å². The fourth-order valence-electron chi connectivity index (χ4n) is 3.88. The van der Waals surface area contributed by atoms with E-state index in [1.54, 1.807) is 4.90 Å². The molecule has 2 amide bonds. The van der Waals surface area contributed by atoms with Gasteiger partial charge in [-0.15, -0.1) is 0 Å². The molecule has 212 valence electrons. The largest absolute Gasteiger partial charge is 1.00 e. The fourth-order valence-corrected chi connectivity index (χ4v) is 3.88. The molecule has 0 aliphatic carbocycles. The van der Waals surface area contributed by atoms with E-state index in [1.165, 1.54) is 12.1 Å². The van der Waals surface area contributed by atoms with Crippen LogP contribution < -0.4 is 72.3 Å². The minimum Gasteiger partial charge on any atom is -0.857 e. The van der Waals surface area contributed by atoms with Gasteiger partial charge in [-0.1, -0.05) is 30.3 Å². The number of unbranched alkanes of at least 4 members (excludes halogenated alkanes) is 1. The van der Waals surface area contributed by atoms with Gasteiger partial charge in [-0.3, -0.25) is 9.59 Å². The number of benzene rings is 2. The Hall–Kier alpha value is -1.37. The summed E-state index contributed by atoms with van der Waals surface area (Å²) in [5, 5.41) is 11.5. The molecule has 2 aromatic rings. The molecule has 0 bridgehead atoms. The van der Waals surface area contributed by atoms with Gasteiger partial charge in [0.2, 0.25) is 12.3 Å². The molecule has 8 nitrogen and oxygen atoms in total. The predicted molar refractivity (Wildman–Crippen MR) is 147 cm³/mol. The summed E-state index contributed by atoms with van der Waals surface area (Å²) in [7, 11) is 0.750. The van der Waals surface area contributed by atoms with E-state index in [9.17, 15) is 14.0 Å². The zero-order chi connectivity index (χ0) is 28.0. The van der Waals surface area contributed by atoms with Crippen LogP contribution in [0.2, 0.25) is 0 Å². The Labute approximate surface area is 275 Å². The number of amides is 2. The molecule has 0 radical (unpaired) electrons. The topological polar surface area (TPSA) is 111 Å². The second-order valence-corrected chi connectivity index (χ2v) is 8.96. The Balaban J connectivity index is 0.000000684. The number of nitrogens with zero attached hydrogens (tertiary/aromatic N) is 2. The Bertz CT molecular complexity index is 888. The van der Waals surface area contributed by atoms with Crippen LogP contribution in [-0.4, -0.2) is 75.1 Å². The molecule has 0 saturated carbocycles. The number of likely N-dealkylation sites (tertiary alicyclic amines) is 1. The van der Waals surface area contributed by atoms with E-state index in [-0.39, 0.29) is 63.1 Å². The van der Waals surface area contributed by atoms with Gasteiger partial charge in [-0.2, -0.15) is 7.11 Å². The number of halogens is 1. The van der Waals surface area contributed by atoms with Crippen molar-refractivity contribution in [2.24, 2.45) is 5.73 Å². The molecule has 0 spiro atoms. The van der Waals surface area contributed by atoms with Crippen molar-refractivity contribution in [3.05, 3.63) is 65.5 Å². The van der Waals surface area contributed by atoms with Crippen LogP contribution in [0.1, 0.15) is 43.2 Å². The van der Waals surface area contributed by atoms with Crippen LogP contribution in [0.3, 0.4) is 0 Å². The molecule has 1 aliphatic rings. The van der Waals surface area contributed by atoms with Crippen LogP contribution in [-0.2, 0) is 16.1 Å². The second kappa shape index (κ2) is 24.4. The fraction of sp³-hybridized carbons (Fsp3) is 0.517. The number of ether oxygens (including phenoxy) is 1. The summed E-state index contributed by atoms with van der Waals surface area (Å²) in [6, 6.07) is 14.7. The third-order valence-electron chi connectivity index (χ3n) is 5.79. The summed E-state index contributed by atoms with van der Waals surface area (Å²) >= 11 is 0. The normalized spacial score (nSPS) is 11.9. The van der Waals surface area contributed by atoms with Crippen LogP contribution in [0.25, 0.3) is 0 Å². The molecule has 3 rings (SSSR count). The summed E-state index contributed by atoms with van der Waals surface area (Å²) in [4.78, 5) is 26.0. The zero-order valence-corrected chi connectivity index (χ0v) is 27.0. The molecule has 1 aliphatic heterocycles. The Morgan fingerprint density at radius 1 is 1.13 bits per heavy atom. The number of hydrogen-bond donors (Lipinski definition) is 2. The molecule has 1 heterocycles. The van der Waals surface area contributed by atoms with Gasteiger partial charge in [-0.25, -0.2) is 4.39 Å². The average Bonchev–Trinajstić information content (AvgIpc) is 3.33. The molecule has 10 heteroatoms. The first-order chi connectivity index (χ1) is 18.5. The van der Waals surface area contributed by atoms with Gasteiger partial charge in [0.05, 0.1) is 6.61 Å². The first kappa shape index (κ1) is 37.6. The first-order valence-electron chi connectivity index (χ1n) is 13.2. The van der Waals surface area contributed by atoms with Crippen LogP contribution in [0.4, 0.5) is 4.39 Å². The van der Waals surface area contributed by atoms with Gasteiger partial charge >= 0.3 is 51.4 Å². The molecule has 0 aromatic heterocycles. The van der Waals surface area contributed by atoms with E-state index in [4.69, 9.17) is 15.6 Å². The number of rotatable bonds is 15. The van der Waals surface area contributed by atoms with Gasteiger partial charge in [-0.05, 0) is 69.0 Å². The van der Waals surface area contributed by atoms with Gasteiger partial charge in [0.25, 0.3) is 0 Å². The number of hydrogen-bond acceptors (Lipinski definition) is 6. The van der Waals surface area contributed by atoms with Crippen LogP contribution >= 0.6 is 0 Å². The van der Waals surface area contributed by atoms with Crippen molar-refractivity contribution in [2.75, 3.05) is 53.0 Å². The SMILES string of the molecule is C[O-].Cc1cc(F)cc(OCCCCN2CCCC2=O)c1.NCCCNCCN(C=O)Cc1ccccc1.[K+]. The molecular formula is C29H44FKN4O4. The van der Waals surface area contributed by atoms with Crippen LogP contribution in [0, 0.1) is 12.7 Å². The van der Waals surface area contributed by atoms with Crippen molar-refractivity contribution < 1.29 is 75.2 Å². The first-order valence-corrected chi connectivity index (χ1v) is 13.2. The maximum atomic E-state index is 13.1. The number of nitrogens with two attached hydrogens (primary N) is 1. The summed E-state index contributed by atoms with van der Waals surface area (Å²) in [5.74, 6) is 0.578. The van der Waals surface area contributed by atoms with Gasteiger partial charge in [0.15, 0.2) is 0 Å². The standard InChI is InChI=1S/C15H20FNO2.C13H21N3O.CH3O.K/c1-12-9-13(16)11-14(10-12)19-8-3-2-6-17-7-4-5-15(17)18;14-7-4-8-15-9-10-16(12-17)11-13-5-2-1-3-6-13;1-2;/h9-11H,2-8H2,1H3;1-3,5-6,12,15H,4,7-11,14H2;1H3;/q;;-1;+1. The molecule has 0 unspecified atom stereocenters. The minimum absolute atomic E-state index is 0. The third-order valence-corrected chi connectivity index (χ3v) is 5.79. The maximum Gasteiger partial charge on any atom is 1.00 e. The smallest absolute Gasteiger partial charge is 0.857 e. The Kier molecular flexibility index (Phi) is 23.6. The summed E-state index contributed by atoms with van der Waals surface area (Å²) in [6.07, 6.45) is 5.35. The third kappa shape index (κ3) is 17.8. The summed E-state index contributed by atoms with van der Waals surface area (Å²) < 4.78 is 18.6. The number of carbonyl (C=O) groups is 2.